The first-order valence-electron chi connectivity index (χ1n) is 9.71. The molecular formula is C19H28O13. The van der Waals surface area contributed by atoms with E-state index in [1.807, 2.05) is 0 Å². The van der Waals surface area contributed by atoms with Gasteiger partial charge in [0, 0.05) is 12.1 Å². The smallest absolute Gasteiger partial charge is 0.229 e. The zero-order chi connectivity index (χ0) is 23.6. The summed E-state index contributed by atoms with van der Waals surface area (Å²) >= 11 is 0. The number of aliphatic hydroxyl groups is 6. The number of rotatable bonds is 8. The van der Waals surface area contributed by atoms with Crippen LogP contribution in [-0.2, 0) is 14.2 Å². The van der Waals surface area contributed by atoms with Crippen molar-refractivity contribution in [3.8, 4) is 23.0 Å². The van der Waals surface area contributed by atoms with Crippen LogP contribution in [0.15, 0.2) is 12.1 Å². The monoisotopic (exact) mass is 464 g/mol. The molecule has 7 N–H and O–H groups in total. The Labute approximate surface area is 182 Å². The molecule has 3 rings (SSSR count). The topological polar surface area (TPSA) is 197 Å². The first kappa shape index (κ1) is 24.7. The van der Waals surface area contributed by atoms with E-state index in [2.05, 4.69) is 0 Å². The Morgan fingerprint density at radius 2 is 1.72 bits per heavy atom. The lowest BCUT2D eigenvalue weighted by Crippen LogP contribution is -2.62. The lowest BCUT2D eigenvalue weighted by atomic mass is 9.98. The minimum atomic E-state index is -1.96. The van der Waals surface area contributed by atoms with Crippen LogP contribution in [0, 0.1) is 0 Å². The Bertz CT molecular complexity index is 774. The molecule has 2 aliphatic heterocycles. The number of benzene rings is 1. The third-order valence-corrected chi connectivity index (χ3v) is 5.36. The second kappa shape index (κ2) is 9.91. The average Bonchev–Trinajstić information content (AvgIpc) is 3.07. The molecule has 13 heteroatoms. The number of aliphatic hydroxyl groups excluding tert-OH is 5. The maximum absolute atomic E-state index is 10.6. The van der Waals surface area contributed by atoms with Crippen molar-refractivity contribution in [3.05, 3.63) is 12.1 Å². The van der Waals surface area contributed by atoms with E-state index in [1.165, 1.54) is 26.4 Å². The number of phenols is 1. The molecule has 0 aromatic heterocycles. The molecule has 8 unspecified atom stereocenters. The van der Waals surface area contributed by atoms with Gasteiger partial charge in [-0.1, -0.05) is 0 Å². The molecule has 2 fully saturated rings. The van der Waals surface area contributed by atoms with Gasteiger partial charge in [0.2, 0.25) is 12.0 Å². The summed E-state index contributed by atoms with van der Waals surface area (Å²) in [5.74, 6) is -0.0799. The van der Waals surface area contributed by atoms with Crippen molar-refractivity contribution in [1.29, 1.82) is 0 Å². The average molecular weight is 464 g/mol. The highest BCUT2D eigenvalue weighted by Gasteiger charge is 2.53. The van der Waals surface area contributed by atoms with Gasteiger partial charge in [-0.3, -0.25) is 0 Å². The summed E-state index contributed by atoms with van der Waals surface area (Å²) in [4.78, 5) is 0. The number of ether oxygens (including phenoxy) is 6. The van der Waals surface area contributed by atoms with Crippen LogP contribution in [0.3, 0.4) is 0 Å². The second-order valence-electron chi connectivity index (χ2n) is 7.49. The SMILES string of the molecule is COc1cc(O)cc(OC2OC(CO)C(OC3OCC(O)(CO)C3O)C(O)C2O)c1OC. The molecule has 0 saturated carbocycles. The van der Waals surface area contributed by atoms with E-state index in [9.17, 15) is 35.7 Å². The molecule has 0 aliphatic carbocycles. The van der Waals surface area contributed by atoms with Crippen LogP contribution in [-0.4, -0.2) is 118 Å². The lowest BCUT2D eigenvalue weighted by Gasteiger charge is -2.42. The predicted octanol–water partition coefficient (Wildman–Crippen LogP) is -2.95. The number of methoxy groups -OCH3 is 2. The number of hydrogen-bond donors (Lipinski definition) is 7. The first-order valence-corrected chi connectivity index (χ1v) is 9.71. The molecule has 0 radical (unpaired) electrons. The Morgan fingerprint density at radius 3 is 2.28 bits per heavy atom. The van der Waals surface area contributed by atoms with Crippen LogP contribution in [0.1, 0.15) is 0 Å². The van der Waals surface area contributed by atoms with Gasteiger partial charge in [0.15, 0.2) is 17.8 Å². The van der Waals surface area contributed by atoms with Gasteiger partial charge < -0.3 is 64.2 Å². The molecule has 182 valence electrons. The largest absolute Gasteiger partial charge is 0.508 e. The molecule has 0 amide bonds. The van der Waals surface area contributed by atoms with E-state index in [0.29, 0.717) is 0 Å². The minimum Gasteiger partial charge on any atom is -0.508 e. The van der Waals surface area contributed by atoms with E-state index in [0.717, 1.165) is 0 Å². The van der Waals surface area contributed by atoms with Gasteiger partial charge >= 0.3 is 0 Å². The van der Waals surface area contributed by atoms with Gasteiger partial charge in [-0.2, -0.15) is 0 Å². The van der Waals surface area contributed by atoms with E-state index in [1.54, 1.807) is 0 Å². The Kier molecular flexibility index (Phi) is 7.65. The van der Waals surface area contributed by atoms with E-state index in [4.69, 9.17) is 28.4 Å². The molecule has 8 atom stereocenters. The summed E-state index contributed by atoms with van der Waals surface area (Å²) in [6.45, 7) is -1.91. The van der Waals surface area contributed by atoms with Crippen molar-refractivity contribution in [3.63, 3.8) is 0 Å². The van der Waals surface area contributed by atoms with E-state index >= 15 is 0 Å². The number of phenolic OH excluding ortho intramolecular Hbond substituents is 1. The van der Waals surface area contributed by atoms with Crippen LogP contribution in [0.5, 0.6) is 23.0 Å². The van der Waals surface area contributed by atoms with Crippen molar-refractivity contribution >= 4 is 0 Å². The molecule has 2 saturated heterocycles. The zero-order valence-corrected chi connectivity index (χ0v) is 17.4. The van der Waals surface area contributed by atoms with E-state index < -0.39 is 68.5 Å². The maximum atomic E-state index is 10.6. The van der Waals surface area contributed by atoms with Crippen molar-refractivity contribution < 1.29 is 64.2 Å². The van der Waals surface area contributed by atoms with Gasteiger partial charge in [-0.15, -0.1) is 0 Å². The molecular weight excluding hydrogens is 436 g/mol. The summed E-state index contributed by atoms with van der Waals surface area (Å²) in [7, 11) is 2.67. The van der Waals surface area contributed by atoms with Gasteiger partial charge in [0.05, 0.1) is 34.0 Å². The van der Waals surface area contributed by atoms with Gasteiger partial charge in [-0.25, -0.2) is 0 Å². The van der Waals surface area contributed by atoms with Crippen molar-refractivity contribution in [2.45, 2.75) is 48.7 Å². The van der Waals surface area contributed by atoms with Crippen molar-refractivity contribution in [1.82, 2.24) is 0 Å². The zero-order valence-electron chi connectivity index (χ0n) is 17.4. The molecule has 2 heterocycles. The molecule has 2 aliphatic rings. The summed E-state index contributed by atoms with van der Waals surface area (Å²) in [6, 6.07) is 2.46. The Morgan fingerprint density at radius 1 is 1.03 bits per heavy atom. The summed E-state index contributed by atoms with van der Waals surface area (Å²) in [5.41, 5.74) is -1.96. The fourth-order valence-corrected chi connectivity index (χ4v) is 3.51. The summed E-state index contributed by atoms with van der Waals surface area (Å²) < 4.78 is 32.1. The van der Waals surface area contributed by atoms with Crippen molar-refractivity contribution in [2.24, 2.45) is 0 Å². The second-order valence-corrected chi connectivity index (χ2v) is 7.49. The molecule has 1 aromatic carbocycles. The minimum absolute atomic E-state index is 0.0702. The predicted molar refractivity (Wildman–Crippen MR) is 102 cm³/mol. The van der Waals surface area contributed by atoms with Gasteiger partial charge in [0.25, 0.3) is 0 Å². The number of aromatic hydroxyl groups is 1. The molecule has 13 nitrogen and oxygen atoms in total. The van der Waals surface area contributed by atoms with Crippen LogP contribution in [0.25, 0.3) is 0 Å². The maximum Gasteiger partial charge on any atom is 0.229 e. The van der Waals surface area contributed by atoms with E-state index in [-0.39, 0.29) is 23.0 Å². The quantitative estimate of drug-likeness (QED) is 0.206. The molecule has 0 bridgehead atoms. The first-order chi connectivity index (χ1) is 15.2. The van der Waals surface area contributed by atoms with Crippen LogP contribution < -0.4 is 14.2 Å². The molecule has 0 spiro atoms. The highest BCUT2D eigenvalue weighted by atomic mass is 16.7. The van der Waals surface area contributed by atoms with Crippen LogP contribution in [0.2, 0.25) is 0 Å². The summed E-state index contributed by atoms with van der Waals surface area (Å²) in [6.07, 6.45) is -10.7. The fourth-order valence-electron chi connectivity index (χ4n) is 3.51. The Hall–Kier alpha value is -1.94. The van der Waals surface area contributed by atoms with Gasteiger partial charge in [0.1, 0.15) is 41.9 Å². The normalized spacial score (nSPS) is 37.3. The van der Waals surface area contributed by atoms with Gasteiger partial charge in [-0.05, 0) is 0 Å². The summed E-state index contributed by atoms with van der Waals surface area (Å²) in [5, 5.41) is 70.2. The standard InChI is InChI=1S/C19H28O13/c1-27-9-3-8(22)4-10(14(9)28-2)30-17-13(24)12(23)15(11(5-20)31-17)32-18-16(25)19(26,6-21)7-29-18/h3-4,11-13,15-18,20-26H,5-7H2,1-2H3. The highest BCUT2D eigenvalue weighted by molar-refractivity contribution is 5.55. The van der Waals surface area contributed by atoms with Crippen molar-refractivity contribution in [2.75, 3.05) is 34.0 Å². The Balaban J connectivity index is 1.77. The fraction of sp³-hybridized carbons (Fsp3) is 0.684. The number of hydrogen-bond acceptors (Lipinski definition) is 13. The molecule has 1 aromatic rings. The molecule has 32 heavy (non-hydrogen) atoms. The van der Waals surface area contributed by atoms with Crippen LogP contribution >= 0.6 is 0 Å². The third-order valence-electron chi connectivity index (χ3n) is 5.36. The highest BCUT2D eigenvalue weighted by Crippen LogP contribution is 2.42. The van der Waals surface area contributed by atoms with Crippen LogP contribution in [0.4, 0.5) is 0 Å². The lowest BCUT2D eigenvalue weighted by molar-refractivity contribution is -0.313. The third kappa shape index (κ3) is 4.57.